The van der Waals surface area contributed by atoms with Crippen molar-refractivity contribution in [2.24, 2.45) is 13.0 Å². The molecular formula is C22H24N8O2. The van der Waals surface area contributed by atoms with Crippen LogP contribution in [0.4, 0.5) is 5.95 Å². The van der Waals surface area contributed by atoms with Gasteiger partial charge in [-0.3, -0.25) is 19.7 Å². The predicted molar refractivity (Wildman–Crippen MR) is 118 cm³/mol. The highest BCUT2D eigenvalue weighted by Crippen LogP contribution is 2.30. The molecular weight excluding hydrogens is 408 g/mol. The van der Waals surface area contributed by atoms with Crippen molar-refractivity contribution in [2.75, 3.05) is 11.9 Å². The molecule has 1 aliphatic rings. The van der Waals surface area contributed by atoms with Crippen LogP contribution < -0.4 is 10.1 Å². The molecule has 1 amide bonds. The van der Waals surface area contributed by atoms with Crippen LogP contribution in [-0.2, 0) is 13.6 Å². The molecule has 1 atom stereocenters. The van der Waals surface area contributed by atoms with Crippen molar-refractivity contribution < 1.29 is 9.53 Å². The Morgan fingerprint density at radius 3 is 2.97 bits per heavy atom. The largest absolute Gasteiger partial charge is 0.477 e. The summed E-state index contributed by atoms with van der Waals surface area (Å²) in [5, 5.41) is 7.31. The van der Waals surface area contributed by atoms with Crippen LogP contribution in [0.1, 0.15) is 35.8 Å². The Morgan fingerprint density at radius 2 is 2.09 bits per heavy atom. The number of rotatable bonds is 0. The molecule has 0 fully saturated rings. The van der Waals surface area contributed by atoms with Gasteiger partial charge in [0.25, 0.3) is 5.91 Å². The van der Waals surface area contributed by atoms with Crippen LogP contribution in [0.2, 0.25) is 0 Å². The van der Waals surface area contributed by atoms with Crippen LogP contribution in [0.15, 0.2) is 30.9 Å². The SMILES string of the molecule is Cc1cc2cc(n1)-c1cnn(C)c1OCCC[C@@H](C)Cn1c(nc3cncnc31)NC2=O. The minimum absolute atomic E-state index is 0.268. The molecule has 5 heterocycles. The number of nitrogens with one attached hydrogen (secondary N) is 1. The highest BCUT2D eigenvalue weighted by molar-refractivity contribution is 6.04. The van der Waals surface area contributed by atoms with Crippen molar-refractivity contribution in [1.82, 2.24) is 34.3 Å². The van der Waals surface area contributed by atoms with E-state index < -0.39 is 0 Å². The maximum atomic E-state index is 13.2. The first-order valence-corrected chi connectivity index (χ1v) is 10.6. The standard InChI is InChI=1S/C22H24N8O2/c1-13-5-4-6-32-21-16(9-25-29(21)3)17-8-15(7-14(2)26-17)20(31)28-22-27-18-10-23-12-24-19(18)30(22)11-13/h7-10,12-13H,4-6,11H2,1-3H3,(H,27,28,31)/t13-/m1/s1. The normalized spacial score (nSPS) is 17.0. The molecule has 1 aliphatic heterocycles. The number of aromatic nitrogens is 7. The third-order valence-electron chi connectivity index (χ3n) is 5.59. The average Bonchev–Trinajstić information content (AvgIpc) is 3.30. The van der Waals surface area contributed by atoms with E-state index >= 15 is 0 Å². The van der Waals surface area contributed by atoms with Gasteiger partial charge in [0, 0.05) is 24.8 Å². The summed E-state index contributed by atoms with van der Waals surface area (Å²) >= 11 is 0. The van der Waals surface area contributed by atoms with Crippen LogP contribution in [0.5, 0.6) is 5.88 Å². The van der Waals surface area contributed by atoms with Crippen molar-refractivity contribution in [2.45, 2.75) is 33.2 Å². The fraction of sp³-hybridized carbons (Fsp3) is 0.364. The van der Waals surface area contributed by atoms with Crippen LogP contribution >= 0.6 is 0 Å². The Kier molecular flexibility index (Phi) is 5.04. The van der Waals surface area contributed by atoms with Crippen LogP contribution in [0.25, 0.3) is 22.4 Å². The van der Waals surface area contributed by atoms with E-state index in [1.807, 2.05) is 18.5 Å². The summed E-state index contributed by atoms with van der Waals surface area (Å²) < 4.78 is 9.74. The zero-order valence-corrected chi connectivity index (χ0v) is 18.2. The number of carbonyl (C=O) groups excluding carboxylic acids is 1. The van der Waals surface area contributed by atoms with Crippen molar-refractivity contribution in [3.63, 3.8) is 0 Å². The number of anilines is 1. The summed E-state index contributed by atoms with van der Waals surface area (Å²) in [6, 6.07) is 3.50. The molecule has 0 unspecified atom stereocenters. The van der Waals surface area contributed by atoms with Gasteiger partial charge in [0.05, 0.1) is 30.3 Å². The molecule has 32 heavy (non-hydrogen) atoms. The molecule has 4 aromatic rings. The maximum absolute atomic E-state index is 13.2. The number of aryl methyl sites for hydroxylation is 2. The average molecular weight is 432 g/mol. The van der Waals surface area contributed by atoms with Crippen molar-refractivity contribution in [3.05, 3.63) is 42.1 Å². The fourth-order valence-corrected chi connectivity index (χ4v) is 4.03. The molecule has 5 rings (SSSR count). The number of ether oxygens (including phenoxy) is 1. The van der Waals surface area contributed by atoms with Crippen LogP contribution in [-0.4, -0.2) is 46.8 Å². The number of carbonyl (C=O) groups is 1. The van der Waals surface area contributed by atoms with Gasteiger partial charge in [0.2, 0.25) is 11.8 Å². The smallest absolute Gasteiger partial charge is 0.258 e. The van der Waals surface area contributed by atoms with Gasteiger partial charge < -0.3 is 4.74 Å². The summed E-state index contributed by atoms with van der Waals surface area (Å²) in [5.74, 6) is 1.16. The minimum Gasteiger partial charge on any atom is -0.477 e. The van der Waals surface area contributed by atoms with Gasteiger partial charge in [0.1, 0.15) is 11.8 Å². The second-order valence-corrected chi connectivity index (χ2v) is 8.20. The Hall–Kier alpha value is -3.82. The number of fused-ring (bicyclic) bond motifs is 7. The highest BCUT2D eigenvalue weighted by atomic mass is 16.5. The lowest BCUT2D eigenvalue weighted by Gasteiger charge is -2.15. The lowest BCUT2D eigenvalue weighted by Crippen LogP contribution is -2.18. The Labute approximate surface area is 184 Å². The van der Waals surface area contributed by atoms with E-state index in [9.17, 15) is 4.79 Å². The van der Waals surface area contributed by atoms with Gasteiger partial charge in [-0.1, -0.05) is 6.92 Å². The Bertz CT molecular complexity index is 1310. The van der Waals surface area contributed by atoms with Gasteiger partial charge in [-0.25, -0.2) is 19.6 Å². The molecule has 0 saturated carbocycles. The molecule has 0 spiro atoms. The Morgan fingerprint density at radius 1 is 1.22 bits per heavy atom. The number of imidazole rings is 1. The quantitative estimate of drug-likeness (QED) is 0.454. The first-order valence-electron chi connectivity index (χ1n) is 10.6. The number of pyridine rings is 1. The lowest BCUT2D eigenvalue weighted by molar-refractivity contribution is 0.102. The van der Waals surface area contributed by atoms with Crippen molar-refractivity contribution in [3.8, 4) is 17.1 Å². The summed E-state index contributed by atoms with van der Waals surface area (Å²) in [7, 11) is 1.84. The van der Waals surface area contributed by atoms with Crippen LogP contribution in [0, 0.1) is 12.8 Å². The fourth-order valence-electron chi connectivity index (χ4n) is 4.03. The molecule has 2 bridgehead atoms. The van der Waals surface area contributed by atoms with Gasteiger partial charge in [-0.2, -0.15) is 5.10 Å². The molecule has 10 heteroatoms. The van der Waals surface area contributed by atoms with Gasteiger partial charge in [0.15, 0.2) is 5.65 Å². The molecule has 4 aromatic heterocycles. The summed E-state index contributed by atoms with van der Waals surface area (Å²) in [6.45, 7) is 5.26. The molecule has 1 N–H and O–H groups in total. The third-order valence-corrected chi connectivity index (χ3v) is 5.59. The monoisotopic (exact) mass is 432 g/mol. The summed E-state index contributed by atoms with van der Waals surface area (Å²) in [4.78, 5) is 30.9. The molecule has 164 valence electrons. The molecule has 0 aromatic carbocycles. The molecule has 0 aliphatic carbocycles. The van der Waals surface area contributed by atoms with E-state index in [-0.39, 0.29) is 5.91 Å². The highest BCUT2D eigenvalue weighted by Gasteiger charge is 2.21. The minimum atomic E-state index is -0.268. The molecule has 0 saturated heterocycles. The lowest BCUT2D eigenvalue weighted by atomic mass is 10.1. The van der Waals surface area contributed by atoms with Crippen molar-refractivity contribution >= 4 is 23.0 Å². The van der Waals surface area contributed by atoms with Crippen molar-refractivity contribution in [1.29, 1.82) is 0 Å². The van der Waals surface area contributed by atoms with Gasteiger partial charge in [-0.15, -0.1) is 0 Å². The number of amides is 1. The van der Waals surface area contributed by atoms with E-state index in [1.54, 1.807) is 29.2 Å². The Balaban J connectivity index is 1.62. The van der Waals surface area contributed by atoms with E-state index in [1.165, 1.54) is 6.33 Å². The van der Waals surface area contributed by atoms with Gasteiger partial charge in [-0.05, 0) is 37.8 Å². The third kappa shape index (κ3) is 3.68. The van der Waals surface area contributed by atoms with E-state index in [2.05, 4.69) is 37.3 Å². The summed E-state index contributed by atoms with van der Waals surface area (Å²) in [6.07, 6.45) is 6.69. The second kappa shape index (κ2) is 8.03. The number of nitrogens with zero attached hydrogens (tertiary/aromatic N) is 7. The summed E-state index contributed by atoms with van der Waals surface area (Å²) in [5.41, 5.74) is 3.95. The zero-order chi connectivity index (χ0) is 22.2. The van der Waals surface area contributed by atoms with Crippen LogP contribution in [0.3, 0.4) is 0 Å². The van der Waals surface area contributed by atoms with E-state index in [4.69, 9.17) is 4.74 Å². The second-order valence-electron chi connectivity index (χ2n) is 8.20. The van der Waals surface area contributed by atoms with Gasteiger partial charge >= 0.3 is 0 Å². The van der Waals surface area contributed by atoms with E-state index in [0.29, 0.717) is 53.3 Å². The first kappa shape index (κ1) is 20.1. The predicted octanol–water partition coefficient (Wildman–Crippen LogP) is 2.99. The van der Waals surface area contributed by atoms with E-state index in [0.717, 1.165) is 24.1 Å². The topological polar surface area (TPSA) is 113 Å². The maximum Gasteiger partial charge on any atom is 0.258 e. The molecule has 10 nitrogen and oxygen atoms in total. The number of hydrogen-bond donors (Lipinski definition) is 1. The molecule has 0 radical (unpaired) electrons. The zero-order valence-electron chi connectivity index (χ0n) is 18.2. The first-order chi connectivity index (χ1) is 15.5. The number of hydrogen-bond acceptors (Lipinski definition) is 7.